The molecule has 88 valence electrons. The molecule has 0 aromatic carbocycles. The maximum absolute atomic E-state index is 6.06. The van der Waals surface area contributed by atoms with Crippen LogP contribution in [0.25, 0.3) is 0 Å². The highest BCUT2D eigenvalue weighted by atomic mass is 15.2. The van der Waals surface area contributed by atoms with E-state index in [1.165, 1.54) is 19.3 Å². The Labute approximate surface area is 97.7 Å². The average molecular weight is 219 g/mol. The Balaban J connectivity index is 2.23. The lowest BCUT2D eigenvalue weighted by Gasteiger charge is -2.39. The van der Waals surface area contributed by atoms with E-state index in [4.69, 9.17) is 5.73 Å². The standard InChI is InChI=1S/C13H21N3/c1-10-6-5-8-13(15-10)16-9-4-3-7-12(16)11(2)14/h5-6,8,11-12H,3-4,7,9,14H2,1-2H3. The SMILES string of the molecule is Cc1cccc(N2CCCCC2C(C)N)n1. The molecule has 0 aliphatic carbocycles. The molecule has 0 amide bonds. The molecule has 2 N–H and O–H groups in total. The molecule has 2 heterocycles. The van der Waals surface area contributed by atoms with Crippen molar-refractivity contribution in [2.24, 2.45) is 5.73 Å². The fraction of sp³-hybridized carbons (Fsp3) is 0.615. The smallest absolute Gasteiger partial charge is 0.129 e. The van der Waals surface area contributed by atoms with Crippen LogP contribution in [0.3, 0.4) is 0 Å². The summed E-state index contributed by atoms with van der Waals surface area (Å²) in [6.07, 6.45) is 3.72. The summed E-state index contributed by atoms with van der Waals surface area (Å²) in [5.74, 6) is 1.09. The molecular formula is C13H21N3. The van der Waals surface area contributed by atoms with Gasteiger partial charge in [-0.15, -0.1) is 0 Å². The fourth-order valence-electron chi connectivity index (χ4n) is 2.48. The van der Waals surface area contributed by atoms with E-state index >= 15 is 0 Å². The number of aryl methyl sites for hydroxylation is 1. The summed E-state index contributed by atoms with van der Waals surface area (Å²) in [7, 11) is 0. The minimum Gasteiger partial charge on any atom is -0.352 e. The second-order valence-corrected chi connectivity index (χ2v) is 4.75. The van der Waals surface area contributed by atoms with Crippen LogP contribution >= 0.6 is 0 Å². The van der Waals surface area contributed by atoms with Gasteiger partial charge in [-0.05, 0) is 45.2 Å². The minimum absolute atomic E-state index is 0.211. The summed E-state index contributed by atoms with van der Waals surface area (Å²) in [6, 6.07) is 6.86. The number of aromatic nitrogens is 1. The number of nitrogens with two attached hydrogens (primary N) is 1. The lowest BCUT2D eigenvalue weighted by atomic mass is 9.97. The third kappa shape index (κ3) is 2.35. The zero-order valence-electron chi connectivity index (χ0n) is 10.2. The Morgan fingerprint density at radius 2 is 2.25 bits per heavy atom. The van der Waals surface area contributed by atoms with Gasteiger partial charge in [0, 0.05) is 24.3 Å². The number of anilines is 1. The molecule has 1 fully saturated rings. The van der Waals surface area contributed by atoms with Crippen molar-refractivity contribution in [3.63, 3.8) is 0 Å². The quantitative estimate of drug-likeness (QED) is 0.828. The molecule has 0 saturated carbocycles. The maximum Gasteiger partial charge on any atom is 0.129 e. The first-order valence-electron chi connectivity index (χ1n) is 6.14. The minimum atomic E-state index is 0.211. The van der Waals surface area contributed by atoms with Crippen LogP contribution in [0.5, 0.6) is 0 Å². The van der Waals surface area contributed by atoms with Gasteiger partial charge < -0.3 is 10.6 Å². The highest BCUT2D eigenvalue weighted by Gasteiger charge is 2.26. The van der Waals surface area contributed by atoms with Crippen LogP contribution in [0.15, 0.2) is 18.2 Å². The van der Waals surface area contributed by atoms with E-state index in [1.54, 1.807) is 0 Å². The van der Waals surface area contributed by atoms with Gasteiger partial charge in [-0.2, -0.15) is 0 Å². The molecule has 0 radical (unpaired) electrons. The molecule has 1 aliphatic rings. The summed E-state index contributed by atoms with van der Waals surface area (Å²) in [4.78, 5) is 6.98. The molecule has 16 heavy (non-hydrogen) atoms. The van der Waals surface area contributed by atoms with Gasteiger partial charge in [-0.25, -0.2) is 4.98 Å². The monoisotopic (exact) mass is 219 g/mol. The number of hydrogen-bond acceptors (Lipinski definition) is 3. The lowest BCUT2D eigenvalue weighted by molar-refractivity contribution is 0.411. The molecule has 1 aliphatic heterocycles. The molecule has 1 aromatic rings. The summed E-state index contributed by atoms with van der Waals surface area (Å²) in [5.41, 5.74) is 7.14. The van der Waals surface area contributed by atoms with E-state index in [1.807, 2.05) is 13.0 Å². The van der Waals surface area contributed by atoms with E-state index < -0.39 is 0 Å². The molecule has 1 aromatic heterocycles. The Morgan fingerprint density at radius 3 is 2.94 bits per heavy atom. The first-order chi connectivity index (χ1) is 7.68. The van der Waals surface area contributed by atoms with Gasteiger partial charge in [-0.1, -0.05) is 6.07 Å². The topological polar surface area (TPSA) is 42.1 Å². The third-order valence-corrected chi connectivity index (χ3v) is 3.32. The summed E-state index contributed by atoms with van der Waals surface area (Å²) in [6.45, 7) is 5.22. The van der Waals surface area contributed by atoms with Crippen molar-refractivity contribution in [3.05, 3.63) is 23.9 Å². The highest BCUT2D eigenvalue weighted by Crippen LogP contribution is 2.24. The molecule has 2 rings (SSSR count). The average Bonchev–Trinajstić information content (AvgIpc) is 2.29. The van der Waals surface area contributed by atoms with E-state index in [-0.39, 0.29) is 6.04 Å². The van der Waals surface area contributed by atoms with Crippen LogP contribution in [-0.4, -0.2) is 23.6 Å². The van der Waals surface area contributed by atoms with Crippen molar-refractivity contribution in [2.45, 2.75) is 45.2 Å². The fourth-order valence-corrected chi connectivity index (χ4v) is 2.48. The summed E-state index contributed by atoms with van der Waals surface area (Å²) < 4.78 is 0. The predicted molar refractivity (Wildman–Crippen MR) is 67.6 cm³/mol. The van der Waals surface area contributed by atoms with Gasteiger partial charge in [0.15, 0.2) is 0 Å². The zero-order chi connectivity index (χ0) is 11.5. The second-order valence-electron chi connectivity index (χ2n) is 4.75. The molecule has 0 spiro atoms. The van der Waals surface area contributed by atoms with Crippen LogP contribution in [0.1, 0.15) is 31.9 Å². The maximum atomic E-state index is 6.06. The number of piperidine rings is 1. The molecule has 0 bridgehead atoms. The molecular weight excluding hydrogens is 198 g/mol. The second kappa shape index (κ2) is 4.83. The third-order valence-electron chi connectivity index (χ3n) is 3.32. The van der Waals surface area contributed by atoms with Crippen molar-refractivity contribution in [1.82, 2.24) is 4.98 Å². The van der Waals surface area contributed by atoms with Gasteiger partial charge in [0.2, 0.25) is 0 Å². The first kappa shape index (κ1) is 11.4. The normalized spacial score (nSPS) is 23.2. The van der Waals surface area contributed by atoms with E-state index in [0.717, 1.165) is 18.1 Å². The molecule has 2 atom stereocenters. The largest absolute Gasteiger partial charge is 0.352 e. The van der Waals surface area contributed by atoms with Crippen LogP contribution in [0.2, 0.25) is 0 Å². The molecule has 3 nitrogen and oxygen atoms in total. The Morgan fingerprint density at radius 1 is 1.44 bits per heavy atom. The Bertz CT molecular complexity index is 349. The van der Waals surface area contributed by atoms with Crippen molar-refractivity contribution < 1.29 is 0 Å². The first-order valence-corrected chi connectivity index (χ1v) is 6.14. The van der Waals surface area contributed by atoms with Gasteiger partial charge in [0.05, 0.1) is 0 Å². The number of pyridine rings is 1. The molecule has 3 heteroatoms. The van der Waals surface area contributed by atoms with Crippen molar-refractivity contribution in [3.8, 4) is 0 Å². The van der Waals surface area contributed by atoms with Gasteiger partial charge in [0.25, 0.3) is 0 Å². The summed E-state index contributed by atoms with van der Waals surface area (Å²) in [5, 5.41) is 0. The van der Waals surface area contributed by atoms with Crippen LogP contribution in [0, 0.1) is 6.92 Å². The number of nitrogens with zero attached hydrogens (tertiary/aromatic N) is 2. The summed E-state index contributed by atoms with van der Waals surface area (Å²) >= 11 is 0. The van der Waals surface area contributed by atoms with Gasteiger partial charge in [-0.3, -0.25) is 0 Å². The van der Waals surface area contributed by atoms with Crippen molar-refractivity contribution in [2.75, 3.05) is 11.4 Å². The van der Waals surface area contributed by atoms with Crippen LogP contribution < -0.4 is 10.6 Å². The van der Waals surface area contributed by atoms with E-state index in [0.29, 0.717) is 6.04 Å². The zero-order valence-corrected chi connectivity index (χ0v) is 10.2. The van der Waals surface area contributed by atoms with Crippen molar-refractivity contribution in [1.29, 1.82) is 0 Å². The lowest BCUT2D eigenvalue weighted by Crippen LogP contribution is -2.49. The Kier molecular flexibility index (Phi) is 3.44. The predicted octanol–water partition coefficient (Wildman–Crippen LogP) is 2.10. The molecule has 2 unspecified atom stereocenters. The van der Waals surface area contributed by atoms with Crippen LogP contribution in [0.4, 0.5) is 5.82 Å². The highest BCUT2D eigenvalue weighted by molar-refractivity contribution is 5.41. The number of hydrogen-bond donors (Lipinski definition) is 1. The van der Waals surface area contributed by atoms with Gasteiger partial charge >= 0.3 is 0 Å². The van der Waals surface area contributed by atoms with E-state index in [2.05, 4.69) is 28.9 Å². The number of rotatable bonds is 2. The van der Waals surface area contributed by atoms with Crippen molar-refractivity contribution >= 4 is 5.82 Å². The van der Waals surface area contributed by atoms with Crippen LogP contribution in [-0.2, 0) is 0 Å². The van der Waals surface area contributed by atoms with Gasteiger partial charge in [0.1, 0.15) is 5.82 Å². The van der Waals surface area contributed by atoms with E-state index in [9.17, 15) is 0 Å². The molecule has 1 saturated heterocycles. The Hall–Kier alpha value is -1.09.